The number of carbonyl (C=O) groups is 1. The average Bonchev–Trinajstić information content (AvgIpc) is 2.68. The van der Waals surface area contributed by atoms with Crippen LogP contribution >= 0.6 is 11.6 Å². The first-order chi connectivity index (χ1) is 9.54. The Bertz CT molecular complexity index is 459. The third-order valence-corrected chi connectivity index (χ3v) is 3.56. The van der Waals surface area contributed by atoms with Gasteiger partial charge in [0.2, 0.25) is 5.91 Å². The lowest BCUT2D eigenvalue weighted by atomic mass is 10.1. The van der Waals surface area contributed by atoms with Crippen molar-refractivity contribution in [2.45, 2.75) is 18.6 Å². The number of benzene rings is 1. The molecule has 1 aliphatic rings. The summed E-state index contributed by atoms with van der Waals surface area (Å²) in [5.41, 5.74) is 1.07. The van der Waals surface area contributed by atoms with E-state index < -0.39 is 12.2 Å². The summed E-state index contributed by atoms with van der Waals surface area (Å²) in [6.45, 7) is 1.41. The summed E-state index contributed by atoms with van der Waals surface area (Å²) in [5, 5.41) is 22.3. The molecule has 1 fully saturated rings. The van der Waals surface area contributed by atoms with Gasteiger partial charge in [-0.2, -0.15) is 0 Å². The van der Waals surface area contributed by atoms with E-state index in [0.29, 0.717) is 24.7 Å². The zero-order chi connectivity index (χ0) is 14.5. The summed E-state index contributed by atoms with van der Waals surface area (Å²) in [4.78, 5) is 13.5. The molecule has 0 aliphatic carbocycles. The summed E-state index contributed by atoms with van der Waals surface area (Å²) in [6.07, 6.45) is -0.791. The second-order valence-corrected chi connectivity index (χ2v) is 5.50. The number of aliphatic hydroxyl groups is 2. The van der Waals surface area contributed by atoms with Gasteiger partial charge in [0, 0.05) is 24.7 Å². The average molecular weight is 299 g/mol. The molecule has 1 amide bonds. The van der Waals surface area contributed by atoms with Crippen LogP contribution in [0, 0.1) is 0 Å². The maximum absolute atomic E-state index is 11.7. The Hall–Kier alpha value is -1.14. The molecular formula is C14H19ClN2O3. The highest BCUT2D eigenvalue weighted by Gasteiger charge is 2.30. The van der Waals surface area contributed by atoms with Crippen LogP contribution in [0.2, 0.25) is 5.02 Å². The fourth-order valence-corrected chi connectivity index (χ4v) is 2.49. The second-order valence-electron chi connectivity index (χ2n) is 5.06. The Morgan fingerprint density at radius 3 is 2.70 bits per heavy atom. The summed E-state index contributed by atoms with van der Waals surface area (Å²) in [6, 6.07) is 7.53. The van der Waals surface area contributed by atoms with E-state index >= 15 is 0 Å². The van der Waals surface area contributed by atoms with E-state index in [1.54, 1.807) is 4.90 Å². The smallest absolute Gasteiger partial charge is 0.234 e. The number of nitrogens with zero attached hydrogens (tertiary/aromatic N) is 1. The number of amides is 1. The highest BCUT2D eigenvalue weighted by molar-refractivity contribution is 6.30. The number of hydrogen-bond acceptors (Lipinski definition) is 4. The number of nitrogens with one attached hydrogen (secondary N) is 1. The number of halogens is 1. The second kappa shape index (κ2) is 7.04. The van der Waals surface area contributed by atoms with Crippen LogP contribution in [0.25, 0.3) is 0 Å². The molecule has 2 unspecified atom stereocenters. The van der Waals surface area contributed by atoms with Crippen molar-refractivity contribution in [3.63, 3.8) is 0 Å². The number of likely N-dealkylation sites (tertiary alicyclic amines) is 1. The quantitative estimate of drug-likeness (QED) is 0.717. The molecule has 3 N–H and O–H groups in total. The predicted molar refractivity (Wildman–Crippen MR) is 76.6 cm³/mol. The Kier molecular flexibility index (Phi) is 5.37. The molecule has 1 aromatic carbocycles. The molecule has 2 atom stereocenters. The number of β-amino-alcohol motifs (C(OH)–C–C–N with tert-alkyl or cyclic N) is 2. The van der Waals surface area contributed by atoms with Crippen molar-refractivity contribution in [2.75, 3.05) is 26.2 Å². The Balaban J connectivity index is 1.68. The molecular weight excluding hydrogens is 280 g/mol. The van der Waals surface area contributed by atoms with Gasteiger partial charge in [-0.25, -0.2) is 0 Å². The molecule has 0 radical (unpaired) electrons. The van der Waals surface area contributed by atoms with Crippen LogP contribution in [0.4, 0.5) is 0 Å². The normalized spacial score (nSPS) is 22.9. The molecule has 110 valence electrons. The van der Waals surface area contributed by atoms with Gasteiger partial charge in [0.25, 0.3) is 0 Å². The van der Waals surface area contributed by atoms with Crippen molar-refractivity contribution < 1.29 is 15.0 Å². The topological polar surface area (TPSA) is 72.8 Å². The van der Waals surface area contributed by atoms with Crippen molar-refractivity contribution >= 4 is 17.5 Å². The third kappa shape index (κ3) is 4.45. The van der Waals surface area contributed by atoms with Gasteiger partial charge in [-0.1, -0.05) is 23.7 Å². The Morgan fingerprint density at radius 1 is 1.35 bits per heavy atom. The first kappa shape index (κ1) is 15.3. The largest absolute Gasteiger partial charge is 0.389 e. The molecule has 0 spiro atoms. The minimum atomic E-state index is -0.755. The fourth-order valence-electron chi connectivity index (χ4n) is 2.27. The summed E-state index contributed by atoms with van der Waals surface area (Å²) >= 11 is 5.89. The van der Waals surface area contributed by atoms with Crippen LogP contribution in [0.3, 0.4) is 0 Å². The van der Waals surface area contributed by atoms with Crippen LogP contribution in [0.5, 0.6) is 0 Å². The zero-order valence-electron chi connectivity index (χ0n) is 11.1. The van der Waals surface area contributed by atoms with Crippen molar-refractivity contribution in [1.29, 1.82) is 0 Å². The van der Waals surface area contributed by atoms with Gasteiger partial charge in [-0.05, 0) is 24.1 Å². The van der Waals surface area contributed by atoms with Crippen LogP contribution in [0.15, 0.2) is 24.3 Å². The molecule has 1 aromatic rings. The standard InChI is InChI=1S/C14H19ClN2O3/c15-11-3-1-2-10(6-11)4-5-16-14(20)9-17-7-12(18)13(19)8-17/h1-3,6,12-13,18-19H,4-5,7-9H2,(H,16,20). The zero-order valence-corrected chi connectivity index (χ0v) is 11.9. The third-order valence-electron chi connectivity index (χ3n) is 3.33. The first-order valence-corrected chi connectivity index (χ1v) is 7.02. The van der Waals surface area contributed by atoms with E-state index in [1.165, 1.54) is 0 Å². The van der Waals surface area contributed by atoms with E-state index in [1.807, 2.05) is 24.3 Å². The van der Waals surface area contributed by atoms with Crippen molar-refractivity contribution in [2.24, 2.45) is 0 Å². The molecule has 20 heavy (non-hydrogen) atoms. The van der Waals surface area contributed by atoms with Gasteiger partial charge in [-0.3, -0.25) is 9.69 Å². The molecule has 0 bridgehead atoms. The van der Waals surface area contributed by atoms with Gasteiger partial charge < -0.3 is 15.5 Å². The molecule has 1 saturated heterocycles. The SMILES string of the molecule is O=C(CN1CC(O)C(O)C1)NCCc1cccc(Cl)c1. The van der Waals surface area contributed by atoms with Gasteiger partial charge in [-0.15, -0.1) is 0 Å². The van der Waals surface area contributed by atoms with E-state index in [4.69, 9.17) is 11.6 Å². The van der Waals surface area contributed by atoms with Crippen molar-refractivity contribution in [3.8, 4) is 0 Å². The summed E-state index contributed by atoms with van der Waals surface area (Å²) < 4.78 is 0. The molecule has 5 nitrogen and oxygen atoms in total. The minimum Gasteiger partial charge on any atom is -0.389 e. The molecule has 6 heteroatoms. The summed E-state index contributed by atoms with van der Waals surface area (Å²) in [5.74, 6) is -0.103. The predicted octanol–water partition coefficient (Wildman–Crippen LogP) is 0.0361. The van der Waals surface area contributed by atoms with Gasteiger partial charge in [0.1, 0.15) is 0 Å². The molecule has 1 heterocycles. The lowest BCUT2D eigenvalue weighted by Gasteiger charge is -2.14. The fraction of sp³-hybridized carbons (Fsp3) is 0.500. The molecule has 1 aliphatic heterocycles. The van der Waals surface area contributed by atoms with Crippen LogP contribution in [-0.4, -0.2) is 59.4 Å². The molecule has 0 saturated carbocycles. The van der Waals surface area contributed by atoms with Crippen LogP contribution in [0.1, 0.15) is 5.56 Å². The lowest BCUT2D eigenvalue weighted by molar-refractivity contribution is -0.122. The van der Waals surface area contributed by atoms with Crippen molar-refractivity contribution in [1.82, 2.24) is 10.2 Å². The molecule has 2 rings (SSSR count). The maximum atomic E-state index is 11.7. The number of carbonyl (C=O) groups excluding carboxylic acids is 1. The van der Waals surface area contributed by atoms with E-state index in [9.17, 15) is 15.0 Å². The maximum Gasteiger partial charge on any atom is 0.234 e. The minimum absolute atomic E-state index is 0.103. The Morgan fingerprint density at radius 2 is 2.05 bits per heavy atom. The summed E-state index contributed by atoms with van der Waals surface area (Å²) in [7, 11) is 0. The van der Waals surface area contributed by atoms with Gasteiger partial charge >= 0.3 is 0 Å². The van der Waals surface area contributed by atoms with E-state index in [-0.39, 0.29) is 12.5 Å². The highest BCUT2D eigenvalue weighted by atomic mass is 35.5. The Labute approximate surface area is 123 Å². The number of rotatable bonds is 5. The van der Waals surface area contributed by atoms with Gasteiger partial charge in [0.05, 0.1) is 18.8 Å². The van der Waals surface area contributed by atoms with Crippen LogP contribution in [-0.2, 0) is 11.2 Å². The monoisotopic (exact) mass is 298 g/mol. The van der Waals surface area contributed by atoms with Crippen molar-refractivity contribution in [3.05, 3.63) is 34.9 Å². The van der Waals surface area contributed by atoms with Crippen LogP contribution < -0.4 is 5.32 Å². The number of hydrogen-bond donors (Lipinski definition) is 3. The van der Waals surface area contributed by atoms with Gasteiger partial charge in [0.15, 0.2) is 0 Å². The molecule has 0 aromatic heterocycles. The van der Waals surface area contributed by atoms with E-state index in [0.717, 1.165) is 12.0 Å². The van der Waals surface area contributed by atoms with E-state index in [2.05, 4.69) is 5.32 Å². The first-order valence-electron chi connectivity index (χ1n) is 6.64. The lowest BCUT2D eigenvalue weighted by Crippen LogP contribution is -2.37. The highest BCUT2D eigenvalue weighted by Crippen LogP contribution is 2.11. The number of aliphatic hydroxyl groups excluding tert-OH is 2.